The fraction of sp³-hybridized carbons (Fsp3) is 0.435. The zero-order valence-electron chi connectivity index (χ0n) is 17.6. The van der Waals surface area contributed by atoms with Crippen LogP contribution < -0.4 is 25.6 Å². The first-order valence-corrected chi connectivity index (χ1v) is 10.9. The zero-order chi connectivity index (χ0) is 21.5. The van der Waals surface area contributed by atoms with Crippen molar-refractivity contribution in [3.05, 3.63) is 53.7 Å². The lowest BCUT2D eigenvalue weighted by Gasteiger charge is -2.28. The maximum Gasteiger partial charge on any atom is 0.315 e. The van der Waals surface area contributed by atoms with Gasteiger partial charge in [-0.3, -0.25) is 4.79 Å². The minimum absolute atomic E-state index is 0.0408. The zero-order valence-corrected chi connectivity index (χ0v) is 17.6. The first-order valence-electron chi connectivity index (χ1n) is 10.9. The predicted octanol–water partition coefficient (Wildman–Crippen LogP) is 2.34. The van der Waals surface area contributed by atoms with Gasteiger partial charge < -0.3 is 25.6 Å². The van der Waals surface area contributed by atoms with Crippen LogP contribution in [-0.2, 0) is 17.9 Å². The van der Waals surface area contributed by atoms with Crippen molar-refractivity contribution in [1.29, 1.82) is 0 Å². The summed E-state index contributed by atoms with van der Waals surface area (Å²) in [6.45, 7) is 2.61. The summed E-state index contributed by atoms with van der Waals surface area (Å²) in [5, 5.41) is 8.58. The fourth-order valence-corrected chi connectivity index (χ4v) is 3.93. The van der Waals surface area contributed by atoms with Crippen molar-refractivity contribution < 1.29 is 14.3 Å². The Balaban J connectivity index is 1.24. The van der Waals surface area contributed by atoms with Crippen LogP contribution in [0.2, 0.25) is 0 Å². The molecule has 2 fully saturated rings. The van der Waals surface area contributed by atoms with E-state index in [0.29, 0.717) is 32.1 Å². The highest BCUT2D eigenvalue weighted by atomic mass is 16.5. The molecule has 2 heterocycles. The van der Waals surface area contributed by atoms with E-state index in [9.17, 15) is 9.59 Å². The molecule has 0 spiro atoms. The Morgan fingerprint density at radius 2 is 1.90 bits per heavy atom. The summed E-state index contributed by atoms with van der Waals surface area (Å²) in [4.78, 5) is 30.2. The van der Waals surface area contributed by atoms with Gasteiger partial charge in [-0.05, 0) is 49.4 Å². The van der Waals surface area contributed by atoms with E-state index in [4.69, 9.17) is 4.74 Å². The van der Waals surface area contributed by atoms with Crippen LogP contribution in [0.3, 0.4) is 0 Å². The molecule has 4 rings (SSSR count). The van der Waals surface area contributed by atoms with Gasteiger partial charge in [0, 0.05) is 43.6 Å². The number of nitrogens with one attached hydrogen (secondary N) is 3. The average molecular weight is 424 g/mol. The lowest BCUT2D eigenvalue weighted by atomic mass is 10.2. The lowest BCUT2D eigenvalue weighted by molar-refractivity contribution is -0.120. The molecule has 164 valence electrons. The highest BCUT2D eigenvalue weighted by Gasteiger charge is 2.19. The summed E-state index contributed by atoms with van der Waals surface area (Å²) < 4.78 is 6.02. The van der Waals surface area contributed by atoms with Crippen molar-refractivity contribution in [3.63, 3.8) is 0 Å². The molecule has 1 aliphatic heterocycles. The molecule has 8 nitrogen and oxygen atoms in total. The third-order valence-electron chi connectivity index (χ3n) is 5.66. The summed E-state index contributed by atoms with van der Waals surface area (Å²) in [5.74, 6) is 0.649. The van der Waals surface area contributed by atoms with Crippen LogP contribution in [0.25, 0.3) is 0 Å². The van der Waals surface area contributed by atoms with Gasteiger partial charge in [0.1, 0.15) is 6.10 Å². The van der Waals surface area contributed by atoms with Gasteiger partial charge in [-0.25, -0.2) is 9.78 Å². The van der Waals surface area contributed by atoms with Crippen molar-refractivity contribution in [1.82, 2.24) is 20.9 Å². The van der Waals surface area contributed by atoms with Crippen LogP contribution in [0.5, 0.6) is 5.88 Å². The van der Waals surface area contributed by atoms with Crippen molar-refractivity contribution >= 4 is 17.6 Å². The molecular weight excluding hydrogens is 394 g/mol. The standard InChI is InChI=1S/C23H29N5O3/c29-21-16-28(13-12-24-21)19-9-7-17(8-10-19)14-26-23(30)27-15-18-4-3-11-25-22(18)31-20-5-1-2-6-20/h3-4,7-11,20H,1-2,5-6,12-16H2,(H,24,29)(H2,26,27,30). The molecule has 3 N–H and O–H groups in total. The van der Waals surface area contributed by atoms with E-state index in [2.05, 4.69) is 20.9 Å². The van der Waals surface area contributed by atoms with Gasteiger partial charge in [0.2, 0.25) is 11.8 Å². The molecule has 2 aromatic rings. The number of carbonyl (C=O) groups excluding carboxylic acids is 2. The summed E-state index contributed by atoms with van der Waals surface area (Å²) >= 11 is 0. The highest BCUT2D eigenvalue weighted by molar-refractivity contribution is 5.82. The quantitative estimate of drug-likeness (QED) is 0.635. The van der Waals surface area contributed by atoms with Gasteiger partial charge in [0.15, 0.2) is 0 Å². The Labute approximate surface area is 182 Å². The molecular formula is C23H29N5O3. The number of piperazine rings is 1. The molecule has 0 unspecified atom stereocenters. The van der Waals surface area contributed by atoms with Crippen LogP contribution in [-0.4, -0.2) is 42.7 Å². The van der Waals surface area contributed by atoms with E-state index in [1.54, 1.807) is 6.20 Å². The summed E-state index contributed by atoms with van der Waals surface area (Å²) in [7, 11) is 0. The third-order valence-corrected chi connectivity index (χ3v) is 5.66. The van der Waals surface area contributed by atoms with Crippen molar-refractivity contribution in [2.24, 2.45) is 0 Å². The number of urea groups is 1. The maximum absolute atomic E-state index is 12.3. The molecule has 0 atom stereocenters. The Morgan fingerprint density at radius 1 is 1.13 bits per heavy atom. The van der Waals surface area contributed by atoms with Crippen LogP contribution in [0.4, 0.5) is 10.5 Å². The molecule has 1 aromatic carbocycles. The number of hydrogen-bond acceptors (Lipinski definition) is 5. The second-order valence-corrected chi connectivity index (χ2v) is 7.97. The number of carbonyl (C=O) groups is 2. The van der Waals surface area contributed by atoms with Crippen LogP contribution in [0.1, 0.15) is 36.8 Å². The molecule has 1 aromatic heterocycles. The number of rotatable bonds is 7. The number of anilines is 1. The van der Waals surface area contributed by atoms with Crippen molar-refractivity contribution in [2.45, 2.75) is 44.9 Å². The van der Waals surface area contributed by atoms with Crippen LogP contribution >= 0.6 is 0 Å². The van der Waals surface area contributed by atoms with Gasteiger partial charge in [-0.1, -0.05) is 18.2 Å². The third kappa shape index (κ3) is 5.87. The first kappa shape index (κ1) is 21.0. The Bertz CT molecular complexity index is 896. The summed E-state index contributed by atoms with van der Waals surface area (Å²) in [5.41, 5.74) is 2.88. The lowest BCUT2D eigenvalue weighted by Crippen LogP contribution is -2.47. The molecule has 1 aliphatic carbocycles. The number of ether oxygens (including phenoxy) is 1. The smallest absolute Gasteiger partial charge is 0.315 e. The van der Waals surface area contributed by atoms with Crippen molar-refractivity contribution in [3.8, 4) is 5.88 Å². The fourth-order valence-electron chi connectivity index (χ4n) is 3.93. The number of amides is 3. The Kier molecular flexibility index (Phi) is 6.86. The number of pyridine rings is 1. The van der Waals surface area contributed by atoms with E-state index < -0.39 is 0 Å². The predicted molar refractivity (Wildman–Crippen MR) is 118 cm³/mol. The SMILES string of the molecule is O=C1CN(c2ccc(CNC(=O)NCc3cccnc3OC3CCCC3)cc2)CCN1. The number of hydrogen-bond donors (Lipinski definition) is 3. The average Bonchev–Trinajstić information content (AvgIpc) is 3.30. The first-order chi connectivity index (χ1) is 15.2. The van der Waals surface area contributed by atoms with E-state index in [-0.39, 0.29) is 18.0 Å². The van der Waals surface area contributed by atoms with E-state index in [0.717, 1.165) is 36.2 Å². The topological polar surface area (TPSA) is 95.6 Å². The number of nitrogens with zero attached hydrogens (tertiary/aromatic N) is 2. The molecule has 0 radical (unpaired) electrons. The van der Waals surface area contributed by atoms with Crippen molar-refractivity contribution in [2.75, 3.05) is 24.5 Å². The maximum atomic E-state index is 12.3. The Hall–Kier alpha value is -3.29. The van der Waals surface area contributed by atoms with Gasteiger partial charge in [0.05, 0.1) is 6.54 Å². The van der Waals surface area contributed by atoms with E-state index in [1.807, 2.05) is 41.3 Å². The second-order valence-electron chi connectivity index (χ2n) is 7.97. The molecule has 31 heavy (non-hydrogen) atoms. The summed E-state index contributed by atoms with van der Waals surface area (Å²) in [6.07, 6.45) is 6.46. The minimum Gasteiger partial charge on any atom is -0.474 e. The van der Waals surface area contributed by atoms with E-state index >= 15 is 0 Å². The monoisotopic (exact) mass is 423 g/mol. The largest absolute Gasteiger partial charge is 0.474 e. The molecule has 0 bridgehead atoms. The van der Waals surface area contributed by atoms with Crippen LogP contribution in [0, 0.1) is 0 Å². The van der Waals surface area contributed by atoms with Gasteiger partial charge in [-0.2, -0.15) is 0 Å². The molecule has 1 saturated heterocycles. The molecule has 1 saturated carbocycles. The second kappa shape index (κ2) is 10.1. The molecule has 3 amide bonds. The number of benzene rings is 1. The highest BCUT2D eigenvalue weighted by Crippen LogP contribution is 2.25. The van der Waals surface area contributed by atoms with E-state index in [1.165, 1.54) is 12.8 Å². The van der Waals surface area contributed by atoms with Gasteiger partial charge in [0.25, 0.3) is 0 Å². The van der Waals surface area contributed by atoms with Gasteiger partial charge >= 0.3 is 6.03 Å². The molecule has 2 aliphatic rings. The molecule has 8 heteroatoms. The minimum atomic E-state index is -0.243. The summed E-state index contributed by atoms with van der Waals surface area (Å²) in [6, 6.07) is 11.4. The normalized spacial score (nSPS) is 16.6. The Morgan fingerprint density at radius 3 is 2.68 bits per heavy atom. The van der Waals surface area contributed by atoms with Crippen LogP contribution in [0.15, 0.2) is 42.6 Å². The number of aromatic nitrogens is 1. The van der Waals surface area contributed by atoms with Gasteiger partial charge in [-0.15, -0.1) is 0 Å².